The van der Waals surface area contributed by atoms with Crippen molar-refractivity contribution < 1.29 is 14.2 Å². The SMILES string of the molecule is COCCC1COC(C2CCC(C#N)CC2)OC1. The molecule has 0 radical (unpaired) electrons. The van der Waals surface area contributed by atoms with E-state index in [9.17, 15) is 0 Å². The minimum absolute atomic E-state index is 0.0385. The molecular formula is C14H23NO3. The number of nitriles is 1. The summed E-state index contributed by atoms with van der Waals surface area (Å²) in [4.78, 5) is 0. The zero-order valence-electron chi connectivity index (χ0n) is 11.1. The van der Waals surface area contributed by atoms with Gasteiger partial charge < -0.3 is 14.2 Å². The van der Waals surface area contributed by atoms with Crippen molar-refractivity contribution in [3.8, 4) is 6.07 Å². The molecular weight excluding hydrogens is 230 g/mol. The third kappa shape index (κ3) is 3.68. The van der Waals surface area contributed by atoms with Crippen molar-refractivity contribution in [3.63, 3.8) is 0 Å². The molecule has 0 N–H and O–H groups in total. The van der Waals surface area contributed by atoms with Gasteiger partial charge in [-0.15, -0.1) is 0 Å². The van der Waals surface area contributed by atoms with Gasteiger partial charge in [0.25, 0.3) is 0 Å². The summed E-state index contributed by atoms with van der Waals surface area (Å²) in [6.07, 6.45) is 5.08. The number of ether oxygens (including phenoxy) is 3. The first-order valence-corrected chi connectivity index (χ1v) is 6.95. The third-order valence-electron chi connectivity index (χ3n) is 4.06. The molecule has 0 aromatic carbocycles. The highest BCUT2D eigenvalue weighted by Gasteiger charge is 2.32. The van der Waals surface area contributed by atoms with E-state index in [1.807, 2.05) is 0 Å². The molecule has 1 aliphatic heterocycles. The molecule has 0 amide bonds. The average molecular weight is 253 g/mol. The van der Waals surface area contributed by atoms with Gasteiger partial charge in [-0.25, -0.2) is 0 Å². The number of rotatable bonds is 4. The van der Waals surface area contributed by atoms with Crippen LogP contribution in [0.5, 0.6) is 0 Å². The van der Waals surface area contributed by atoms with Gasteiger partial charge in [0.05, 0.1) is 19.3 Å². The molecule has 0 bridgehead atoms. The molecule has 0 atom stereocenters. The van der Waals surface area contributed by atoms with Crippen LogP contribution in [0.25, 0.3) is 0 Å². The molecule has 1 saturated carbocycles. The van der Waals surface area contributed by atoms with Crippen LogP contribution in [-0.4, -0.2) is 33.2 Å². The zero-order valence-corrected chi connectivity index (χ0v) is 11.1. The Labute approximate surface area is 109 Å². The van der Waals surface area contributed by atoms with Gasteiger partial charge >= 0.3 is 0 Å². The zero-order chi connectivity index (χ0) is 12.8. The monoisotopic (exact) mass is 253 g/mol. The van der Waals surface area contributed by atoms with Crippen molar-refractivity contribution in [1.82, 2.24) is 0 Å². The average Bonchev–Trinajstić information content (AvgIpc) is 2.46. The molecule has 1 heterocycles. The molecule has 1 aliphatic carbocycles. The summed E-state index contributed by atoms with van der Waals surface area (Å²) >= 11 is 0. The lowest BCUT2D eigenvalue weighted by molar-refractivity contribution is -0.230. The fraction of sp³-hybridized carbons (Fsp3) is 0.929. The van der Waals surface area contributed by atoms with Crippen LogP contribution in [0.4, 0.5) is 0 Å². The molecule has 2 aliphatic rings. The lowest BCUT2D eigenvalue weighted by atomic mass is 9.82. The van der Waals surface area contributed by atoms with Crippen LogP contribution >= 0.6 is 0 Å². The standard InChI is InChI=1S/C14H23NO3/c1-16-7-6-12-9-17-14(18-10-12)13-4-2-11(8-15)3-5-13/h11-14H,2-7,9-10H2,1H3. The van der Waals surface area contributed by atoms with Gasteiger partial charge in [0, 0.05) is 31.5 Å². The lowest BCUT2D eigenvalue weighted by Gasteiger charge is -2.36. The molecule has 4 heteroatoms. The maximum Gasteiger partial charge on any atom is 0.160 e. The van der Waals surface area contributed by atoms with Gasteiger partial charge in [0.15, 0.2) is 6.29 Å². The van der Waals surface area contributed by atoms with Crippen LogP contribution in [0.1, 0.15) is 32.1 Å². The van der Waals surface area contributed by atoms with Gasteiger partial charge in [-0.05, 0) is 32.1 Å². The van der Waals surface area contributed by atoms with Crippen molar-refractivity contribution in [2.45, 2.75) is 38.4 Å². The van der Waals surface area contributed by atoms with Gasteiger partial charge in [-0.2, -0.15) is 5.26 Å². The van der Waals surface area contributed by atoms with Gasteiger partial charge in [-0.3, -0.25) is 0 Å². The van der Waals surface area contributed by atoms with E-state index in [1.165, 1.54) is 0 Å². The molecule has 1 saturated heterocycles. The molecule has 18 heavy (non-hydrogen) atoms. The van der Waals surface area contributed by atoms with E-state index in [2.05, 4.69) is 6.07 Å². The second-order valence-electron chi connectivity index (χ2n) is 5.42. The quantitative estimate of drug-likeness (QED) is 0.771. The highest BCUT2D eigenvalue weighted by molar-refractivity contribution is 4.88. The Balaban J connectivity index is 1.69. The molecule has 102 valence electrons. The van der Waals surface area contributed by atoms with Crippen LogP contribution < -0.4 is 0 Å². The number of nitrogens with zero attached hydrogens (tertiary/aromatic N) is 1. The van der Waals surface area contributed by atoms with E-state index in [4.69, 9.17) is 19.5 Å². The maximum atomic E-state index is 8.88. The lowest BCUT2D eigenvalue weighted by Crippen LogP contribution is -2.38. The number of hydrogen-bond acceptors (Lipinski definition) is 4. The Hall–Kier alpha value is -0.630. The Morgan fingerprint density at radius 2 is 1.83 bits per heavy atom. The molecule has 0 unspecified atom stereocenters. The van der Waals surface area contributed by atoms with Crippen LogP contribution in [0.3, 0.4) is 0 Å². The Kier molecular flexibility index (Phi) is 5.43. The van der Waals surface area contributed by atoms with E-state index < -0.39 is 0 Å². The highest BCUT2D eigenvalue weighted by atomic mass is 16.7. The first kappa shape index (κ1) is 13.8. The van der Waals surface area contributed by atoms with Gasteiger partial charge in [-0.1, -0.05) is 0 Å². The van der Waals surface area contributed by atoms with Crippen LogP contribution in [0.2, 0.25) is 0 Å². The molecule has 0 spiro atoms. The van der Waals surface area contributed by atoms with Crippen LogP contribution in [0.15, 0.2) is 0 Å². The van der Waals surface area contributed by atoms with Crippen molar-refractivity contribution >= 4 is 0 Å². The summed E-state index contributed by atoms with van der Waals surface area (Å²) in [5.74, 6) is 1.20. The van der Waals surface area contributed by atoms with E-state index in [0.29, 0.717) is 11.8 Å². The molecule has 4 nitrogen and oxygen atoms in total. The second-order valence-corrected chi connectivity index (χ2v) is 5.42. The highest BCUT2D eigenvalue weighted by Crippen LogP contribution is 2.33. The predicted molar refractivity (Wildman–Crippen MR) is 66.7 cm³/mol. The van der Waals surface area contributed by atoms with E-state index >= 15 is 0 Å². The van der Waals surface area contributed by atoms with Crippen molar-refractivity contribution in [2.24, 2.45) is 17.8 Å². The molecule has 2 rings (SSSR count). The largest absolute Gasteiger partial charge is 0.385 e. The van der Waals surface area contributed by atoms with Gasteiger partial charge in [0.1, 0.15) is 0 Å². The predicted octanol–water partition coefficient (Wildman–Crippen LogP) is 2.34. The normalized spacial score (nSPS) is 37.1. The molecule has 0 aromatic rings. The first-order chi connectivity index (χ1) is 8.83. The Morgan fingerprint density at radius 3 is 2.39 bits per heavy atom. The maximum absolute atomic E-state index is 8.88. The summed E-state index contributed by atoms with van der Waals surface area (Å²) in [5.41, 5.74) is 0. The summed E-state index contributed by atoms with van der Waals surface area (Å²) in [6, 6.07) is 2.36. The Bertz CT molecular complexity index is 273. The van der Waals surface area contributed by atoms with Crippen molar-refractivity contribution in [3.05, 3.63) is 0 Å². The summed E-state index contributed by atoms with van der Waals surface area (Å²) in [6.45, 7) is 2.34. The second kappa shape index (κ2) is 7.08. The van der Waals surface area contributed by atoms with E-state index in [0.717, 1.165) is 51.9 Å². The van der Waals surface area contributed by atoms with E-state index in [1.54, 1.807) is 7.11 Å². The fourth-order valence-electron chi connectivity index (χ4n) is 2.80. The summed E-state index contributed by atoms with van der Waals surface area (Å²) < 4.78 is 16.7. The van der Waals surface area contributed by atoms with Crippen molar-refractivity contribution in [2.75, 3.05) is 26.9 Å². The van der Waals surface area contributed by atoms with Crippen molar-refractivity contribution in [1.29, 1.82) is 5.26 Å². The summed E-state index contributed by atoms with van der Waals surface area (Å²) in [7, 11) is 1.72. The number of hydrogen-bond donors (Lipinski definition) is 0. The van der Waals surface area contributed by atoms with Crippen LogP contribution in [0, 0.1) is 29.1 Å². The molecule has 0 aromatic heterocycles. The van der Waals surface area contributed by atoms with Crippen LogP contribution in [-0.2, 0) is 14.2 Å². The first-order valence-electron chi connectivity index (χ1n) is 6.95. The minimum Gasteiger partial charge on any atom is -0.385 e. The topological polar surface area (TPSA) is 51.5 Å². The Morgan fingerprint density at radius 1 is 1.17 bits per heavy atom. The van der Waals surface area contributed by atoms with E-state index in [-0.39, 0.29) is 12.2 Å². The third-order valence-corrected chi connectivity index (χ3v) is 4.06. The number of methoxy groups -OCH3 is 1. The van der Waals surface area contributed by atoms with Gasteiger partial charge in [0.2, 0.25) is 0 Å². The minimum atomic E-state index is -0.0385. The smallest absolute Gasteiger partial charge is 0.160 e. The molecule has 2 fully saturated rings. The summed E-state index contributed by atoms with van der Waals surface area (Å²) in [5, 5.41) is 8.88. The fourth-order valence-corrected chi connectivity index (χ4v) is 2.80.